The van der Waals surface area contributed by atoms with Gasteiger partial charge in [0.25, 0.3) is 5.91 Å². The van der Waals surface area contributed by atoms with E-state index in [1.165, 1.54) is 6.20 Å². The fourth-order valence-electron chi connectivity index (χ4n) is 2.37. The van der Waals surface area contributed by atoms with Crippen molar-refractivity contribution in [3.05, 3.63) is 70.4 Å². The van der Waals surface area contributed by atoms with Gasteiger partial charge in [-0.05, 0) is 48.2 Å². The van der Waals surface area contributed by atoms with Gasteiger partial charge in [-0.1, -0.05) is 43.6 Å². The Balaban J connectivity index is 2.20. The van der Waals surface area contributed by atoms with Crippen molar-refractivity contribution < 1.29 is 4.79 Å². The van der Waals surface area contributed by atoms with E-state index in [0.29, 0.717) is 5.02 Å². The van der Waals surface area contributed by atoms with E-state index in [4.69, 9.17) is 11.6 Å². The number of hydrogen-bond donors (Lipinski definition) is 2. The van der Waals surface area contributed by atoms with Crippen LogP contribution in [-0.4, -0.2) is 5.91 Å². The zero-order valence-electron chi connectivity index (χ0n) is 14.4. The van der Waals surface area contributed by atoms with Crippen LogP contribution >= 0.6 is 11.6 Å². The summed E-state index contributed by atoms with van der Waals surface area (Å²) >= 11 is 5.84. The molecule has 2 N–H and O–H groups in total. The van der Waals surface area contributed by atoms with Crippen molar-refractivity contribution in [3.63, 3.8) is 0 Å². The van der Waals surface area contributed by atoms with Gasteiger partial charge in [-0.15, -0.1) is 0 Å². The van der Waals surface area contributed by atoms with Crippen LogP contribution in [0, 0.1) is 18.3 Å². The minimum absolute atomic E-state index is 0.00657. The summed E-state index contributed by atoms with van der Waals surface area (Å²) in [5.74, 6) is -0.183. The molecule has 0 saturated heterocycles. The molecule has 0 aromatic heterocycles. The maximum atomic E-state index is 12.5. The first-order chi connectivity index (χ1) is 11.9. The van der Waals surface area contributed by atoms with Crippen molar-refractivity contribution >= 4 is 28.9 Å². The maximum Gasteiger partial charge on any atom is 0.267 e. The lowest BCUT2D eigenvalue weighted by Crippen LogP contribution is -2.17. The third kappa shape index (κ3) is 4.85. The van der Waals surface area contributed by atoms with Crippen molar-refractivity contribution in [2.45, 2.75) is 26.7 Å². The highest BCUT2D eigenvalue weighted by atomic mass is 35.5. The van der Waals surface area contributed by atoms with Gasteiger partial charge in [0.2, 0.25) is 0 Å². The van der Waals surface area contributed by atoms with Crippen molar-refractivity contribution in [3.8, 4) is 6.07 Å². The number of nitrogens with one attached hydrogen (secondary N) is 2. The zero-order chi connectivity index (χ0) is 18.4. The van der Waals surface area contributed by atoms with Crippen molar-refractivity contribution in [2.75, 3.05) is 10.6 Å². The molecule has 0 atom stereocenters. The molecule has 2 rings (SSSR count). The van der Waals surface area contributed by atoms with E-state index in [9.17, 15) is 10.1 Å². The van der Waals surface area contributed by atoms with Gasteiger partial charge < -0.3 is 10.6 Å². The van der Waals surface area contributed by atoms with Gasteiger partial charge >= 0.3 is 0 Å². The molecule has 0 saturated carbocycles. The number of nitriles is 1. The molecule has 2 aromatic rings. The van der Waals surface area contributed by atoms with E-state index in [1.807, 2.05) is 31.2 Å². The quantitative estimate of drug-likeness (QED) is 0.571. The summed E-state index contributed by atoms with van der Waals surface area (Å²) in [6.45, 7) is 6.06. The summed E-state index contributed by atoms with van der Waals surface area (Å²) in [5, 5.41) is 15.7. The number of carbonyl (C=O) groups excluding carboxylic acids is 1. The SMILES string of the molecule is Cc1cccc(C(C)C)c1NC(=O)/C(C#N)=C\Nc1ccc(Cl)cc1. The van der Waals surface area contributed by atoms with Gasteiger partial charge in [-0.2, -0.15) is 5.26 Å². The Morgan fingerprint density at radius 2 is 1.88 bits per heavy atom. The minimum atomic E-state index is -0.444. The van der Waals surface area contributed by atoms with Crippen molar-refractivity contribution in [1.29, 1.82) is 5.26 Å². The lowest BCUT2D eigenvalue weighted by atomic mass is 9.98. The Labute approximate surface area is 153 Å². The largest absolute Gasteiger partial charge is 0.360 e. The van der Waals surface area contributed by atoms with E-state index >= 15 is 0 Å². The van der Waals surface area contributed by atoms with Crippen LogP contribution in [0.25, 0.3) is 0 Å². The number of benzene rings is 2. The number of rotatable bonds is 5. The molecule has 0 unspecified atom stereocenters. The van der Waals surface area contributed by atoms with Crippen LogP contribution in [0.2, 0.25) is 5.02 Å². The van der Waals surface area contributed by atoms with Crippen LogP contribution in [0.4, 0.5) is 11.4 Å². The Bertz CT molecular complexity index is 833. The average molecular weight is 354 g/mol. The van der Waals surface area contributed by atoms with E-state index in [0.717, 1.165) is 22.5 Å². The molecule has 0 spiro atoms. The second-order valence-electron chi connectivity index (χ2n) is 5.97. The lowest BCUT2D eigenvalue weighted by molar-refractivity contribution is -0.112. The lowest BCUT2D eigenvalue weighted by Gasteiger charge is -2.16. The van der Waals surface area contributed by atoms with E-state index in [-0.39, 0.29) is 11.5 Å². The van der Waals surface area contributed by atoms with Gasteiger partial charge in [0.15, 0.2) is 0 Å². The molecule has 128 valence electrons. The van der Waals surface area contributed by atoms with Crippen LogP contribution in [0.5, 0.6) is 0 Å². The van der Waals surface area contributed by atoms with E-state index in [1.54, 1.807) is 24.3 Å². The fourth-order valence-corrected chi connectivity index (χ4v) is 2.50. The van der Waals surface area contributed by atoms with Crippen molar-refractivity contribution in [2.24, 2.45) is 0 Å². The van der Waals surface area contributed by atoms with Crippen LogP contribution < -0.4 is 10.6 Å². The monoisotopic (exact) mass is 353 g/mol. The molecule has 0 fully saturated rings. The van der Waals surface area contributed by atoms with Crippen molar-refractivity contribution in [1.82, 2.24) is 0 Å². The van der Waals surface area contributed by atoms with Crippen LogP contribution in [0.1, 0.15) is 30.9 Å². The molecule has 2 aromatic carbocycles. The number of anilines is 2. The molecule has 5 heteroatoms. The first-order valence-electron chi connectivity index (χ1n) is 7.95. The van der Waals surface area contributed by atoms with E-state index in [2.05, 4.69) is 24.5 Å². The normalized spacial score (nSPS) is 11.1. The third-order valence-corrected chi connectivity index (χ3v) is 4.01. The predicted octanol–water partition coefficient (Wildman–Crippen LogP) is 5.23. The molecule has 0 aliphatic rings. The van der Waals surface area contributed by atoms with Gasteiger partial charge in [0.1, 0.15) is 11.6 Å². The van der Waals surface area contributed by atoms with Gasteiger partial charge in [-0.3, -0.25) is 4.79 Å². The standard InChI is InChI=1S/C20H20ClN3O/c1-13(2)18-6-4-5-14(3)19(18)24-20(25)15(11-22)12-23-17-9-7-16(21)8-10-17/h4-10,12-13,23H,1-3H3,(H,24,25)/b15-12-. The summed E-state index contributed by atoms with van der Waals surface area (Å²) in [6, 6.07) is 14.8. The number of aryl methyl sites for hydroxylation is 1. The molecule has 1 amide bonds. The smallest absolute Gasteiger partial charge is 0.267 e. The third-order valence-electron chi connectivity index (χ3n) is 3.76. The first kappa shape index (κ1) is 18.6. The number of carbonyl (C=O) groups is 1. The number of para-hydroxylation sites is 1. The second-order valence-corrected chi connectivity index (χ2v) is 6.41. The number of hydrogen-bond acceptors (Lipinski definition) is 3. The van der Waals surface area contributed by atoms with Crippen LogP contribution in [0.3, 0.4) is 0 Å². The number of halogens is 1. The highest BCUT2D eigenvalue weighted by Gasteiger charge is 2.15. The number of amides is 1. The molecular weight excluding hydrogens is 334 g/mol. The van der Waals surface area contributed by atoms with Crippen LogP contribution in [0.15, 0.2) is 54.2 Å². The van der Waals surface area contributed by atoms with Gasteiger partial charge in [0.05, 0.1) is 0 Å². The predicted molar refractivity (Wildman–Crippen MR) is 103 cm³/mol. The molecule has 0 bridgehead atoms. The highest BCUT2D eigenvalue weighted by Crippen LogP contribution is 2.27. The average Bonchev–Trinajstić information content (AvgIpc) is 2.58. The van der Waals surface area contributed by atoms with Gasteiger partial charge in [0, 0.05) is 22.6 Å². The molecule has 4 nitrogen and oxygen atoms in total. The fraction of sp³-hybridized carbons (Fsp3) is 0.200. The van der Waals surface area contributed by atoms with Gasteiger partial charge in [-0.25, -0.2) is 0 Å². The second kappa shape index (κ2) is 8.36. The minimum Gasteiger partial charge on any atom is -0.360 e. The maximum absolute atomic E-state index is 12.5. The Morgan fingerprint density at radius 1 is 1.20 bits per heavy atom. The summed E-state index contributed by atoms with van der Waals surface area (Å²) in [7, 11) is 0. The summed E-state index contributed by atoms with van der Waals surface area (Å²) in [6.07, 6.45) is 1.39. The Morgan fingerprint density at radius 3 is 2.48 bits per heavy atom. The molecule has 0 heterocycles. The summed E-state index contributed by atoms with van der Waals surface area (Å²) in [4.78, 5) is 12.5. The zero-order valence-corrected chi connectivity index (χ0v) is 15.2. The number of nitrogens with zero attached hydrogens (tertiary/aromatic N) is 1. The summed E-state index contributed by atoms with van der Waals surface area (Å²) < 4.78 is 0. The molecule has 0 aliphatic carbocycles. The van der Waals surface area contributed by atoms with Crippen LogP contribution in [-0.2, 0) is 4.79 Å². The molecule has 25 heavy (non-hydrogen) atoms. The summed E-state index contributed by atoms with van der Waals surface area (Å²) in [5.41, 5.74) is 3.49. The topological polar surface area (TPSA) is 64.9 Å². The molecule has 0 radical (unpaired) electrons. The molecular formula is C20H20ClN3O. The van der Waals surface area contributed by atoms with E-state index < -0.39 is 5.91 Å². The molecule has 0 aliphatic heterocycles. The first-order valence-corrected chi connectivity index (χ1v) is 8.33. The Kier molecular flexibility index (Phi) is 6.21. The Hall–Kier alpha value is -2.77. The highest BCUT2D eigenvalue weighted by molar-refractivity contribution is 6.30.